The summed E-state index contributed by atoms with van der Waals surface area (Å²) in [4.78, 5) is 35.7. The van der Waals surface area contributed by atoms with Crippen LogP contribution in [0.15, 0.2) is 89.7 Å². The van der Waals surface area contributed by atoms with Crippen LogP contribution >= 0.6 is 0 Å². The smallest absolute Gasteiger partial charge is 0.322 e. The maximum Gasteiger partial charge on any atom is 0.322 e. The molecule has 2 amide bonds. The van der Waals surface area contributed by atoms with Crippen molar-refractivity contribution in [3.63, 3.8) is 0 Å². The summed E-state index contributed by atoms with van der Waals surface area (Å²) in [6.07, 6.45) is 0.516. The second-order valence-electron chi connectivity index (χ2n) is 12.9. The van der Waals surface area contributed by atoms with E-state index < -0.39 is 6.04 Å². The summed E-state index contributed by atoms with van der Waals surface area (Å²) >= 11 is 0. The van der Waals surface area contributed by atoms with E-state index in [1.807, 2.05) is 80.6 Å². The van der Waals surface area contributed by atoms with Gasteiger partial charge in [0.05, 0.1) is 43.5 Å². The lowest BCUT2D eigenvalue weighted by atomic mass is 9.92. The number of hydrogen-bond donors (Lipinski definition) is 1. The van der Waals surface area contributed by atoms with Crippen LogP contribution in [0.3, 0.4) is 0 Å². The Morgan fingerprint density at radius 3 is 2.12 bits per heavy atom. The Morgan fingerprint density at radius 1 is 0.840 bits per heavy atom. The van der Waals surface area contributed by atoms with Gasteiger partial charge in [-0.1, -0.05) is 64.1 Å². The van der Waals surface area contributed by atoms with Gasteiger partial charge in [-0.25, -0.2) is 9.78 Å². The summed E-state index contributed by atoms with van der Waals surface area (Å²) in [6, 6.07) is 25.7. The molecule has 1 heterocycles. The first-order chi connectivity index (χ1) is 24.1. The third-order valence-corrected chi connectivity index (χ3v) is 9.00. The van der Waals surface area contributed by atoms with E-state index in [9.17, 15) is 9.59 Å². The van der Waals surface area contributed by atoms with Crippen LogP contribution in [-0.2, 0) is 6.42 Å². The van der Waals surface area contributed by atoms with E-state index in [2.05, 4.69) is 45.1 Å². The lowest BCUT2D eigenvalue weighted by Gasteiger charge is -2.32. The molecule has 5 rings (SSSR count). The van der Waals surface area contributed by atoms with E-state index >= 15 is 0 Å². The molecule has 1 atom stereocenters. The Hall–Kier alpha value is -5.31. The molecule has 9 heteroatoms. The summed E-state index contributed by atoms with van der Waals surface area (Å²) in [7, 11) is 3.21. The molecule has 262 valence electrons. The quantitative estimate of drug-likeness (QED) is 0.134. The van der Waals surface area contributed by atoms with Crippen LogP contribution < -0.4 is 25.1 Å². The molecule has 0 aliphatic rings. The first-order valence-electron chi connectivity index (χ1n) is 17.2. The Balaban J connectivity index is 1.64. The number of benzene rings is 4. The SMILES string of the molecule is CCOc1ccc(-n2c(C(C)N(CCc3ccc(OC)c(OC)c3)C(=O)Nc3c(C(C)C)cccc3C(C)C)nc3ccccc3c2=O)cc1. The topological polar surface area (TPSA) is 94.9 Å². The Bertz CT molecular complexity index is 1980. The maximum absolute atomic E-state index is 14.7. The number of urea groups is 1. The van der Waals surface area contributed by atoms with Crippen LogP contribution in [0.4, 0.5) is 10.5 Å². The van der Waals surface area contributed by atoms with Gasteiger partial charge >= 0.3 is 6.03 Å². The standard InChI is InChI=1S/C41H48N4O5/c1-9-50-31-20-18-30(19-21-31)45-39(42-35-16-11-10-13-34(35)40(45)46)28(6)44(24-23-29-17-22-36(48-7)37(25-29)49-8)41(47)43-38-32(26(2)3)14-12-15-33(38)27(4)5/h10-22,25-28H,9,23-24H2,1-8H3,(H,43,47). The number of fused-ring (bicyclic) bond motifs is 1. The summed E-state index contributed by atoms with van der Waals surface area (Å²) in [5.41, 5.74) is 4.89. The molecular weight excluding hydrogens is 628 g/mol. The molecule has 0 saturated heterocycles. The molecule has 1 aromatic heterocycles. The van der Waals surface area contributed by atoms with Crippen molar-refractivity contribution in [3.05, 3.63) is 118 Å². The van der Waals surface area contributed by atoms with Crippen molar-refractivity contribution >= 4 is 22.6 Å². The number of methoxy groups -OCH3 is 2. The van der Waals surface area contributed by atoms with Gasteiger partial charge in [0.15, 0.2) is 11.5 Å². The van der Waals surface area contributed by atoms with Crippen molar-refractivity contribution < 1.29 is 19.0 Å². The second-order valence-corrected chi connectivity index (χ2v) is 12.9. The largest absolute Gasteiger partial charge is 0.494 e. The fourth-order valence-electron chi connectivity index (χ4n) is 6.31. The minimum atomic E-state index is -0.618. The number of ether oxygens (including phenoxy) is 3. The number of hydrogen-bond acceptors (Lipinski definition) is 6. The molecule has 9 nitrogen and oxygen atoms in total. The molecule has 0 fully saturated rings. The van der Waals surface area contributed by atoms with E-state index in [1.165, 1.54) is 0 Å². The molecule has 0 radical (unpaired) electrons. The van der Waals surface area contributed by atoms with E-state index in [-0.39, 0.29) is 23.4 Å². The minimum Gasteiger partial charge on any atom is -0.494 e. The predicted octanol–water partition coefficient (Wildman–Crippen LogP) is 8.89. The van der Waals surface area contributed by atoms with Crippen molar-refractivity contribution in [2.75, 3.05) is 32.7 Å². The lowest BCUT2D eigenvalue weighted by molar-refractivity contribution is 0.190. The number of rotatable bonds is 13. The van der Waals surface area contributed by atoms with Crippen molar-refractivity contribution in [2.45, 2.75) is 65.8 Å². The number of nitrogens with zero attached hydrogens (tertiary/aromatic N) is 3. The monoisotopic (exact) mass is 676 g/mol. The van der Waals surface area contributed by atoms with Crippen molar-refractivity contribution in [1.82, 2.24) is 14.5 Å². The Morgan fingerprint density at radius 2 is 1.50 bits per heavy atom. The van der Waals surface area contributed by atoms with Gasteiger partial charge in [0.25, 0.3) is 5.56 Å². The van der Waals surface area contributed by atoms with E-state index in [0.717, 1.165) is 22.4 Å². The number of carbonyl (C=O) groups excluding carboxylic acids is 1. The number of carbonyl (C=O) groups is 1. The normalized spacial score (nSPS) is 11.9. The maximum atomic E-state index is 14.7. The van der Waals surface area contributed by atoms with Crippen LogP contribution in [0.1, 0.15) is 81.9 Å². The molecular formula is C41H48N4O5. The van der Waals surface area contributed by atoms with Gasteiger partial charge in [-0.15, -0.1) is 0 Å². The van der Waals surface area contributed by atoms with Crippen LogP contribution in [0.2, 0.25) is 0 Å². The highest BCUT2D eigenvalue weighted by Crippen LogP contribution is 2.34. The summed E-state index contributed by atoms with van der Waals surface area (Å²) in [5, 5.41) is 3.80. The van der Waals surface area contributed by atoms with E-state index in [4.69, 9.17) is 19.2 Å². The fraction of sp³-hybridized carbons (Fsp3) is 0.341. The van der Waals surface area contributed by atoms with Crippen molar-refractivity contribution in [2.24, 2.45) is 0 Å². The summed E-state index contributed by atoms with van der Waals surface area (Å²) in [6.45, 7) is 13.2. The van der Waals surface area contributed by atoms with Gasteiger partial charge in [0.1, 0.15) is 11.6 Å². The lowest BCUT2D eigenvalue weighted by Crippen LogP contribution is -2.41. The highest BCUT2D eigenvalue weighted by Gasteiger charge is 2.29. The molecule has 0 aliphatic heterocycles. The molecule has 4 aromatic carbocycles. The second kappa shape index (κ2) is 15.9. The van der Waals surface area contributed by atoms with Gasteiger partial charge in [-0.2, -0.15) is 0 Å². The summed E-state index contributed by atoms with van der Waals surface area (Å²) < 4.78 is 18.3. The first kappa shape index (κ1) is 36.0. The molecule has 0 spiro atoms. The predicted molar refractivity (Wildman–Crippen MR) is 201 cm³/mol. The zero-order valence-electron chi connectivity index (χ0n) is 30.3. The van der Waals surface area contributed by atoms with Gasteiger partial charge in [-0.3, -0.25) is 9.36 Å². The number of anilines is 1. The molecule has 0 aliphatic carbocycles. The Kier molecular flexibility index (Phi) is 11.5. The molecule has 50 heavy (non-hydrogen) atoms. The number of nitrogens with one attached hydrogen (secondary N) is 1. The number of amides is 2. The van der Waals surface area contributed by atoms with Gasteiger partial charge in [0.2, 0.25) is 0 Å². The molecule has 1 N–H and O–H groups in total. The molecule has 1 unspecified atom stereocenters. The molecule has 0 bridgehead atoms. The zero-order chi connectivity index (χ0) is 35.9. The highest BCUT2D eigenvalue weighted by molar-refractivity contribution is 5.92. The van der Waals surface area contributed by atoms with Crippen LogP contribution in [-0.4, -0.2) is 47.9 Å². The van der Waals surface area contributed by atoms with Gasteiger partial charge < -0.3 is 24.4 Å². The van der Waals surface area contributed by atoms with E-state index in [1.54, 1.807) is 29.8 Å². The van der Waals surface area contributed by atoms with Crippen molar-refractivity contribution in [1.29, 1.82) is 0 Å². The minimum absolute atomic E-state index is 0.189. The third-order valence-electron chi connectivity index (χ3n) is 9.00. The van der Waals surface area contributed by atoms with Crippen LogP contribution in [0.25, 0.3) is 16.6 Å². The van der Waals surface area contributed by atoms with Gasteiger partial charge in [-0.05, 0) is 97.3 Å². The third kappa shape index (κ3) is 7.62. The fourth-order valence-corrected chi connectivity index (χ4v) is 6.31. The molecule has 0 saturated carbocycles. The highest BCUT2D eigenvalue weighted by atomic mass is 16.5. The Labute approximate surface area is 294 Å². The molecule has 5 aromatic rings. The van der Waals surface area contributed by atoms with Crippen LogP contribution in [0, 0.1) is 0 Å². The zero-order valence-corrected chi connectivity index (χ0v) is 30.3. The summed E-state index contributed by atoms with van der Waals surface area (Å²) in [5.74, 6) is 2.77. The average Bonchev–Trinajstić information content (AvgIpc) is 3.11. The van der Waals surface area contributed by atoms with Gasteiger partial charge in [0, 0.05) is 12.2 Å². The average molecular weight is 677 g/mol. The van der Waals surface area contributed by atoms with E-state index in [0.29, 0.717) is 59.2 Å². The first-order valence-corrected chi connectivity index (χ1v) is 17.2. The van der Waals surface area contributed by atoms with Crippen LogP contribution in [0.5, 0.6) is 17.2 Å². The number of aromatic nitrogens is 2. The van der Waals surface area contributed by atoms with Crippen molar-refractivity contribution in [3.8, 4) is 22.9 Å². The number of para-hydroxylation sites is 2.